The number of para-hydroxylation sites is 2. The van der Waals surface area contributed by atoms with E-state index in [0.29, 0.717) is 6.10 Å². The molecule has 82 valence electrons. The van der Waals surface area contributed by atoms with Gasteiger partial charge in [-0.05, 0) is 25.0 Å². The molecule has 1 saturated heterocycles. The molecule has 2 rings (SSSR count). The highest BCUT2D eigenvalue weighted by Gasteiger charge is 2.20. The maximum atomic E-state index is 5.96. The minimum atomic E-state index is 0.346. The summed E-state index contributed by atoms with van der Waals surface area (Å²) in [6.45, 7) is 2.03. The van der Waals surface area contributed by atoms with Crippen molar-refractivity contribution < 1.29 is 4.74 Å². The molecule has 0 amide bonds. The van der Waals surface area contributed by atoms with Crippen LogP contribution in [0.3, 0.4) is 0 Å². The number of nitrogens with two attached hydrogens (primary N) is 1. The van der Waals surface area contributed by atoms with Crippen LogP contribution in [0.2, 0.25) is 0 Å². The Labute approximate surface area is 90.8 Å². The fourth-order valence-electron chi connectivity index (χ4n) is 2.12. The first-order valence-corrected chi connectivity index (χ1v) is 5.43. The van der Waals surface area contributed by atoms with Gasteiger partial charge in [0.2, 0.25) is 0 Å². The van der Waals surface area contributed by atoms with E-state index in [9.17, 15) is 0 Å². The second-order valence-corrected chi connectivity index (χ2v) is 4.00. The maximum Gasteiger partial charge on any atom is 0.0746 e. The van der Waals surface area contributed by atoms with Crippen molar-refractivity contribution in [1.82, 2.24) is 0 Å². The number of anilines is 2. The molecular formula is C12H18N2O. The number of nitrogens with zero attached hydrogens (tertiary/aromatic N) is 1. The average Bonchev–Trinajstić information content (AvgIpc) is 2.30. The first kappa shape index (κ1) is 10.3. The van der Waals surface area contributed by atoms with Crippen LogP contribution in [0.4, 0.5) is 11.4 Å². The number of nitrogen functional groups attached to an aromatic ring is 1. The first-order valence-electron chi connectivity index (χ1n) is 5.43. The van der Waals surface area contributed by atoms with Gasteiger partial charge in [-0.3, -0.25) is 0 Å². The molecule has 1 unspecified atom stereocenters. The fraction of sp³-hybridized carbons (Fsp3) is 0.500. The van der Waals surface area contributed by atoms with Gasteiger partial charge in [0, 0.05) is 20.2 Å². The molecule has 0 saturated carbocycles. The second-order valence-electron chi connectivity index (χ2n) is 4.00. The number of rotatable bonds is 2. The molecule has 3 heteroatoms. The normalized spacial score (nSPS) is 21.7. The van der Waals surface area contributed by atoms with Gasteiger partial charge in [-0.2, -0.15) is 0 Å². The standard InChI is InChI=1S/C12H18N2O/c1-15-10-5-4-8-14(9-10)12-7-3-2-6-11(12)13/h2-3,6-7,10H,4-5,8-9,13H2,1H3. The molecule has 15 heavy (non-hydrogen) atoms. The Balaban J connectivity index is 2.13. The summed E-state index contributed by atoms with van der Waals surface area (Å²) in [6.07, 6.45) is 2.67. The fourth-order valence-corrected chi connectivity index (χ4v) is 2.12. The molecular weight excluding hydrogens is 188 g/mol. The molecule has 0 aromatic heterocycles. The summed E-state index contributed by atoms with van der Waals surface area (Å²) in [5.74, 6) is 0. The zero-order chi connectivity index (χ0) is 10.7. The molecule has 1 fully saturated rings. The molecule has 1 atom stereocenters. The minimum absolute atomic E-state index is 0.346. The number of benzene rings is 1. The molecule has 1 aliphatic rings. The van der Waals surface area contributed by atoms with Gasteiger partial charge < -0.3 is 15.4 Å². The largest absolute Gasteiger partial charge is 0.397 e. The Bertz CT molecular complexity index is 327. The Hall–Kier alpha value is -1.22. The van der Waals surface area contributed by atoms with E-state index in [1.54, 1.807) is 7.11 Å². The van der Waals surface area contributed by atoms with Gasteiger partial charge >= 0.3 is 0 Å². The number of piperidine rings is 1. The SMILES string of the molecule is COC1CCCN(c2ccccc2N)C1. The third kappa shape index (κ3) is 2.23. The van der Waals surface area contributed by atoms with Crippen molar-refractivity contribution in [3.05, 3.63) is 24.3 Å². The summed E-state index contributed by atoms with van der Waals surface area (Å²) in [6, 6.07) is 8.03. The Morgan fingerprint density at radius 3 is 2.93 bits per heavy atom. The van der Waals surface area contributed by atoms with Crippen molar-refractivity contribution in [2.75, 3.05) is 30.8 Å². The lowest BCUT2D eigenvalue weighted by atomic mass is 10.1. The van der Waals surface area contributed by atoms with Gasteiger partial charge in [-0.1, -0.05) is 12.1 Å². The third-order valence-corrected chi connectivity index (χ3v) is 2.99. The Morgan fingerprint density at radius 2 is 2.20 bits per heavy atom. The van der Waals surface area contributed by atoms with Gasteiger partial charge in [0.25, 0.3) is 0 Å². The quantitative estimate of drug-likeness (QED) is 0.751. The number of methoxy groups -OCH3 is 1. The van der Waals surface area contributed by atoms with E-state index in [1.807, 2.05) is 18.2 Å². The molecule has 1 aliphatic heterocycles. The van der Waals surface area contributed by atoms with Crippen molar-refractivity contribution in [1.29, 1.82) is 0 Å². The van der Waals surface area contributed by atoms with E-state index in [1.165, 1.54) is 6.42 Å². The zero-order valence-corrected chi connectivity index (χ0v) is 9.15. The van der Waals surface area contributed by atoms with E-state index in [2.05, 4.69) is 11.0 Å². The molecule has 0 bridgehead atoms. The Morgan fingerprint density at radius 1 is 1.40 bits per heavy atom. The monoisotopic (exact) mass is 206 g/mol. The smallest absolute Gasteiger partial charge is 0.0746 e. The summed E-state index contributed by atoms with van der Waals surface area (Å²) in [4.78, 5) is 2.31. The summed E-state index contributed by atoms with van der Waals surface area (Å²) < 4.78 is 5.40. The zero-order valence-electron chi connectivity index (χ0n) is 9.15. The molecule has 0 aliphatic carbocycles. The highest BCUT2D eigenvalue weighted by molar-refractivity contribution is 5.67. The van der Waals surface area contributed by atoms with Crippen LogP contribution in [0.5, 0.6) is 0 Å². The summed E-state index contributed by atoms with van der Waals surface area (Å²) in [5, 5.41) is 0. The van der Waals surface area contributed by atoms with Crippen LogP contribution >= 0.6 is 0 Å². The van der Waals surface area contributed by atoms with Crippen LogP contribution in [0.25, 0.3) is 0 Å². The van der Waals surface area contributed by atoms with E-state index in [4.69, 9.17) is 10.5 Å². The van der Waals surface area contributed by atoms with Crippen molar-refractivity contribution in [2.24, 2.45) is 0 Å². The molecule has 1 aromatic rings. The van der Waals surface area contributed by atoms with E-state index >= 15 is 0 Å². The summed E-state index contributed by atoms with van der Waals surface area (Å²) in [7, 11) is 1.78. The van der Waals surface area contributed by atoms with Crippen LogP contribution in [0, 0.1) is 0 Å². The predicted octanol–water partition coefficient (Wildman–Crippen LogP) is 1.88. The number of ether oxygens (including phenoxy) is 1. The van der Waals surface area contributed by atoms with Crippen LogP contribution in [-0.4, -0.2) is 26.3 Å². The lowest BCUT2D eigenvalue weighted by molar-refractivity contribution is 0.0894. The molecule has 3 nitrogen and oxygen atoms in total. The van der Waals surface area contributed by atoms with Gasteiger partial charge in [0.15, 0.2) is 0 Å². The van der Waals surface area contributed by atoms with E-state index in [-0.39, 0.29) is 0 Å². The van der Waals surface area contributed by atoms with Gasteiger partial charge in [0.05, 0.1) is 17.5 Å². The van der Waals surface area contributed by atoms with Gasteiger partial charge in [0.1, 0.15) is 0 Å². The maximum absolute atomic E-state index is 5.96. The molecule has 0 spiro atoms. The predicted molar refractivity (Wildman–Crippen MR) is 63.1 cm³/mol. The van der Waals surface area contributed by atoms with Crippen LogP contribution < -0.4 is 10.6 Å². The Kier molecular flexibility index (Phi) is 3.11. The third-order valence-electron chi connectivity index (χ3n) is 2.99. The van der Waals surface area contributed by atoms with Crippen molar-refractivity contribution in [3.8, 4) is 0 Å². The van der Waals surface area contributed by atoms with Crippen LogP contribution in [0.1, 0.15) is 12.8 Å². The van der Waals surface area contributed by atoms with E-state index < -0.39 is 0 Å². The summed E-state index contributed by atoms with van der Waals surface area (Å²) >= 11 is 0. The minimum Gasteiger partial charge on any atom is -0.397 e. The lowest BCUT2D eigenvalue weighted by Gasteiger charge is -2.34. The van der Waals surface area contributed by atoms with Gasteiger partial charge in [-0.15, -0.1) is 0 Å². The highest BCUT2D eigenvalue weighted by Crippen LogP contribution is 2.26. The lowest BCUT2D eigenvalue weighted by Crippen LogP contribution is -2.39. The molecule has 0 radical (unpaired) electrons. The molecule has 2 N–H and O–H groups in total. The summed E-state index contributed by atoms with van der Waals surface area (Å²) in [5.41, 5.74) is 7.95. The average molecular weight is 206 g/mol. The first-order chi connectivity index (χ1) is 7.31. The number of hydrogen-bond donors (Lipinski definition) is 1. The molecule has 1 aromatic carbocycles. The van der Waals surface area contributed by atoms with E-state index in [0.717, 1.165) is 30.9 Å². The number of hydrogen-bond acceptors (Lipinski definition) is 3. The van der Waals surface area contributed by atoms with Gasteiger partial charge in [-0.25, -0.2) is 0 Å². The highest BCUT2D eigenvalue weighted by atomic mass is 16.5. The van der Waals surface area contributed by atoms with Crippen LogP contribution in [0.15, 0.2) is 24.3 Å². The van der Waals surface area contributed by atoms with Crippen molar-refractivity contribution in [2.45, 2.75) is 18.9 Å². The topological polar surface area (TPSA) is 38.5 Å². The van der Waals surface area contributed by atoms with Crippen molar-refractivity contribution >= 4 is 11.4 Å². The van der Waals surface area contributed by atoms with Crippen molar-refractivity contribution in [3.63, 3.8) is 0 Å². The molecule has 1 heterocycles. The van der Waals surface area contributed by atoms with Crippen LogP contribution in [-0.2, 0) is 4.74 Å². The second kappa shape index (κ2) is 4.53.